The lowest BCUT2D eigenvalue weighted by Gasteiger charge is -2.29. The van der Waals surface area contributed by atoms with Crippen molar-refractivity contribution in [3.8, 4) is 5.75 Å². The average Bonchev–Trinajstić information content (AvgIpc) is 3.18. The van der Waals surface area contributed by atoms with Crippen LogP contribution in [-0.2, 0) is 17.7 Å². The van der Waals surface area contributed by atoms with Gasteiger partial charge in [-0.05, 0) is 29.3 Å². The summed E-state index contributed by atoms with van der Waals surface area (Å²) in [5.74, 6) is 1.79. The molecule has 156 valence electrons. The second-order valence-corrected chi connectivity index (χ2v) is 7.12. The number of aliphatic imine (C=N–C) groups is 1. The van der Waals surface area contributed by atoms with Crippen molar-refractivity contribution in [3.05, 3.63) is 59.7 Å². The molecule has 6 nitrogen and oxygen atoms in total. The van der Waals surface area contributed by atoms with Crippen molar-refractivity contribution in [1.82, 2.24) is 10.6 Å². The number of para-hydroxylation sites is 1. The highest BCUT2D eigenvalue weighted by Crippen LogP contribution is 2.27. The molecule has 2 aromatic carbocycles. The number of halogens is 1. The highest BCUT2D eigenvalue weighted by molar-refractivity contribution is 14.0. The van der Waals surface area contributed by atoms with Crippen LogP contribution in [0, 0.1) is 0 Å². The number of benzene rings is 2. The Morgan fingerprint density at radius 3 is 2.55 bits per heavy atom. The number of ether oxygens (including phenoxy) is 2. The number of nitrogens with zero attached hydrogens (tertiary/aromatic N) is 2. The van der Waals surface area contributed by atoms with Gasteiger partial charge in [-0.1, -0.05) is 30.3 Å². The summed E-state index contributed by atoms with van der Waals surface area (Å²) in [5, 5.41) is 6.75. The zero-order chi connectivity index (χ0) is 19.2. The van der Waals surface area contributed by atoms with E-state index in [-0.39, 0.29) is 30.1 Å². The van der Waals surface area contributed by atoms with Crippen LogP contribution in [0.15, 0.2) is 53.5 Å². The molecule has 0 amide bonds. The van der Waals surface area contributed by atoms with E-state index in [0.717, 1.165) is 57.5 Å². The minimum Gasteiger partial charge on any atom is -0.488 e. The Bertz CT molecular complexity index is 782. The molecule has 0 spiro atoms. The third-order valence-corrected chi connectivity index (χ3v) is 5.21. The molecular formula is C22H29IN4O2. The summed E-state index contributed by atoms with van der Waals surface area (Å²) < 4.78 is 11.4. The molecule has 0 aliphatic carbocycles. The summed E-state index contributed by atoms with van der Waals surface area (Å²) in [6, 6.07) is 16.9. The van der Waals surface area contributed by atoms with Gasteiger partial charge in [0.25, 0.3) is 0 Å². The second-order valence-electron chi connectivity index (χ2n) is 7.12. The van der Waals surface area contributed by atoms with E-state index >= 15 is 0 Å². The monoisotopic (exact) mass is 508 g/mol. The summed E-state index contributed by atoms with van der Waals surface area (Å²) in [6.45, 7) is 4.99. The van der Waals surface area contributed by atoms with Crippen molar-refractivity contribution >= 4 is 35.6 Å². The van der Waals surface area contributed by atoms with Crippen LogP contribution < -0.4 is 20.3 Å². The van der Waals surface area contributed by atoms with Gasteiger partial charge >= 0.3 is 0 Å². The van der Waals surface area contributed by atoms with Crippen molar-refractivity contribution in [1.29, 1.82) is 0 Å². The first-order chi connectivity index (χ1) is 13.8. The molecule has 1 atom stereocenters. The van der Waals surface area contributed by atoms with Gasteiger partial charge in [0.05, 0.1) is 19.8 Å². The van der Waals surface area contributed by atoms with E-state index in [1.807, 2.05) is 12.1 Å². The second kappa shape index (κ2) is 10.7. The number of morpholine rings is 1. The van der Waals surface area contributed by atoms with E-state index in [2.05, 4.69) is 56.9 Å². The molecule has 2 aliphatic heterocycles. The Hall–Kier alpha value is -2.00. The molecule has 0 radical (unpaired) electrons. The fourth-order valence-electron chi connectivity index (χ4n) is 3.63. The van der Waals surface area contributed by atoms with E-state index in [1.165, 1.54) is 16.8 Å². The van der Waals surface area contributed by atoms with Crippen LogP contribution in [0.3, 0.4) is 0 Å². The third kappa shape index (κ3) is 5.76. The Kier molecular flexibility index (Phi) is 8.00. The minimum absolute atomic E-state index is 0. The summed E-state index contributed by atoms with van der Waals surface area (Å²) in [4.78, 5) is 6.68. The van der Waals surface area contributed by atoms with Gasteiger partial charge in [0.15, 0.2) is 5.96 Å². The van der Waals surface area contributed by atoms with Crippen molar-refractivity contribution in [3.63, 3.8) is 0 Å². The number of anilines is 1. The Balaban J connectivity index is 0.00000240. The van der Waals surface area contributed by atoms with E-state index in [9.17, 15) is 0 Å². The Labute approximate surface area is 189 Å². The smallest absolute Gasteiger partial charge is 0.191 e. The molecule has 4 rings (SSSR count). The fraction of sp³-hybridized carbons (Fsp3) is 0.409. The van der Waals surface area contributed by atoms with Gasteiger partial charge in [-0.2, -0.15) is 0 Å². The standard InChI is InChI=1S/C22H28N4O2.HI/c1-23-22(25-16-20-14-18-4-2-3-5-21(18)28-20)24-15-17-6-8-19(9-7-17)26-10-12-27-13-11-26;/h2-9,20H,10-16H2,1H3,(H2,23,24,25);1H. The number of fused-ring (bicyclic) bond motifs is 1. The van der Waals surface area contributed by atoms with Gasteiger partial charge in [-0.25, -0.2) is 0 Å². The van der Waals surface area contributed by atoms with Crippen molar-refractivity contribution in [2.45, 2.75) is 19.1 Å². The molecule has 7 heteroatoms. The topological polar surface area (TPSA) is 58.1 Å². The highest BCUT2D eigenvalue weighted by atomic mass is 127. The average molecular weight is 508 g/mol. The molecule has 1 saturated heterocycles. The van der Waals surface area contributed by atoms with Crippen LogP contribution in [0.1, 0.15) is 11.1 Å². The molecule has 29 heavy (non-hydrogen) atoms. The van der Waals surface area contributed by atoms with Crippen LogP contribution in [-0.4, -0.2) is 52.0 Å². The molecule has 2 aliphatic rings. The Morgan fingerprint density at radius 1 is 1.07 bits per heavy atom. The number of hydrogen-bond acceptors (Lipinski definition) is 4. The number of hydrogen-bond donors (Lipinski definition) is 2. The first-order valence-electron chi connectivity index (χ1n) is 9.92. The summed E-state index contributed by atoms with van der Waals surface area (Å²) >= 11 is 0. The van der Waals surface area contributed by atoms with Crippen LogP contribution in [0.25, 0.3) is 0 Å². The molecule has 1 fully saturated rings. The quantitative estimate of drug-likeness (QED) is 0.370. The first-order valence-corrected chi connectivity index (χ1v) is 9.92. The predicted octanol–water partition coefficient (Wildman–Crippen LogP) is 2.81. The minimum atomic E-state index is 0. The number of guanidine groups is 1. The molecule has 0 bridgehead atoms. The lowest BCUT2D eigenvalue weighted by molar-refractivity contribution is 0.122. The van der Waals surface area contributed by atoms with Gasteiger partial charge in [0.2, 0.25) is 0 Å². The highest BCUT2D eigenvalue weighted by Gasteiger charge is 2.22. The zero-order valence-corrected chi connectivity index (χ0v) is 19.1. The van der Waals surface area contributed by atoms with Crippen molar-refractivity contribution in [2.75, 3.05) is 44.8 Å². The van der Waals surface area contributed by atoms with Gasteiger partial charge < -0.3 is 25.0 Å². The third-order valence-electron chi connectivity index (χ3n) is 5.21. The van der Waals surface area contributed by atoms with Crippen LogP contribution in [0.2, 0.25) is 0 Å². The molecule has 1 unspecified atom stereocenters. The van der Waals surface area contributed by atoms with E-state index in [0.29, 0.717) is 0 Å². The molecule has 2 aromatic rings. The summed E-state index contributed by atoms with van der Waals surface area (Å²) in [7, 11) is 1.79. The number of rotatable bonds is 5. The SMILES string of the molecule is CN=C(NCc1ccc(N2CCOCC2)cc1)NCC1Cc2ccccc2O1.I. The van der Waals surface area contributed by atoms with Crippen LogP contribution in [0.4, 0.5) is 5.69 Å². The van der Waals surface area contributed by atoms with Gasteiger partial charge in [0, 0.05) is 38.8 Å². The zero-order valence-electron chi connectivity index (χ0n) is 16.8. The van der Waals surface area contributed by atoms with Gasteiger partial charge in [-0.3, -0.25) is 4.99 Å². The maximum atomic E-state index is 5.98. The first kappa shape index (κ1) is 21.7. The summed E-state index contributed by atoms with van der Waals surface area (Å²) in [6.07, 6.45) is 1.08. The fourth-order valence-corrected chi connectivity index (χ4v) is 3.63. The van der Waals surface area contributed by atoms with Crippen LogP contribution in [0.5, 0.6) is 5.75 Å². The maximum absolute atomic E-state index is 5.98. The van der Waals surface area contributed by atoms with Crippen molar-refractivity contribution in [2.24, 2.45) is 4.99 Å². The number of nitrogens with one attached hydrogen (secondary N) is 2. The molecular weight excluding hydrogens is 479 g/mol. The van der Waals surface area contributed by atoms with Gasteiger partial charge in [-0.15, -0.1) is 24.0 Å². The lowest BCUT2D eigenvalue weighted by atomic mass is 10.1. The van der Waals surface area contributed by atoms with Crippen molar-refractivity contribution < 1.29 is 9.47 Å². The van der Waals surface area contributed by atoms with E-state index < -0.39 is 0 Å². The Morgan fingerprint density at radius 2 is 1.83 bits per heavy atom. The lowest BCUT2D eigenvalue weighted by Crippen LogP contribution is -2.41. The van der Waals surface area contributed by atoms with Crippen LogP contribution >= 0.6 is 24.0 Å². The summed E-state index contributed by atoms with van der Waals surface area (Å²) in [5.41, 5.74) is 3.76. The predicted molar refractivity (Wildman–Crippen MR) is 128 cm³/mol. The maximum Gasteiger partial charge on any atom is 0.191 e. The largest absolute Gasteiger partial charge is 0.488 e. The normalized spacial score (nSPS) is 18.4. The molecule has 0 aromatic heterocycles. The molecule has 2 N–H and O–H groups in total. The molecule has 0 saturated carbocycles. The van der Waals surface area contributed by atoms with Gasteiger partial charge in [0.1, 0.15) is 11.9 Å². The molecule has 2 heterocycles. The van der Waals surface area contributed by atoms with E-state index in [1.54, 1.807) is 7.05 Å². The van der Waals surface area contributed by atoms with E-state index in [4.69, 9.17) is 9.47 Å².